The molecule has 0 aromatic carbocycles. The molecule has 104 valence electrons. The molecule has 1 N–H and O–H groups in total. The maximum absolute atomic E-state index is 5.81. The molecular weight excluding hydrogens is 244 g/mol. The van der Waals surface area contributed by atoms with E-state index in [1.807, 2.05) is 11.3 Å². The zero-order valence-corrected chi connectivity index (χ0v) is 12.9. The summed E-state index contributed by atoms with van der Waals surface area (Å²) in [5, 5.41) is 4.54. The summed E-state index contributed by atoms with van der Waals surface area (Å²) in [7, 11) is 0. The summed E-state index contributed by atoms with van der Waals surface area (Å²) in [6.07, 6.45) is 3.38. The first kappa shape index (κ1) is 15.6. The Morgan fingerprint density at radius 2 is 2.06 bits per heavy atom. The fourth-order valence-corrected chi connectivity index (χ4v) is 3.14. The first-order chi connectivity index (χ1) is 8.76. The Morgan fingerprint density at radius 1 is 1.28 bits per heavy atom. The van der Waals surface area contributed by atoms with Crippen molar-refractivity contribution in [2.45, 2.75) is 59.6 Å². The van der Waals surface area contributed by atoms with E-state index in [9.17, 15) is 0 Å². The summed E-state index contributed by atoms with van der Waals surface area (Å²) in [4.78, 5) is 6.14. The van der Waals surface area contributed by atoms with Crippen LogP contribution in [0.15, 0.2) is 0 Å². The molecule has 0 radical (unpaired) electrons. The van der Waals surface area contributed by atoms with Crippen LogP contribution >= 0.6 is 11.3 Å². The van der Waals surface area contributed by atoms with Crippen LogP contribution in [0.1, 0.15) is 62.2 Å². The van der Waals surface area contributed by atoms with E-state index < -0.39 is 0 Å². The second-order valence-corrected chi connectivity index (χ2v) is 5.40. The Kier molecular flexibility index (Phi) is 7.47. The van der Waals surface area contributed by atoms with Crippen LogP contribution in [0.25, 0.3) is 0 Å². The molecule has 0 aliphatic rings. The predicted molar refractivity (Wildman–Crippen MR) is 78.1 cm³/mol. The second-order valence-electron chi connectivity index (χ2n) is 4.29. The van der Waals surface area contributed by atoms with Crippen molar-refractivity contribution in [1.82, 2.24) is 10.3 Å². The third kappa shape index (κ3) is 4.34. The van der Waals surface area contributed by atoms with Gasteiger partial charge in [0.05, 0.1) is 5.69 Å². The Labute approximate surface area is 115 Å². The van der Waals surface area contributed by atoms with Crippen LogP contribution < -0.4 is 5.32 Å². The lowest BCUT2D eigenvalue weighted by atomic mass is 10.2. The number of ether oxygens (including phenoxy) is 1. The van der Waals surface area contributed by atoms with Gasteiger partial charge in [0, 0.05) is 18.0 Å². The van der Waals surface area contributed by atoms with Gasteiger partial charge < -0.3 is 10.1 Å². The molecule has 1 atom stereocenters. The van der Waals surface area contributed by atoms with Gasteiger partial charge in [0.25, 0.3) is 0 Å². The van der Waals surface area contributed by atoms with E-state index >= 15 is 0 Å². The lowest BCUT2D eigenvalue weighted by molar-refractivity contribution is 0.0554. The molecule has 0 saturated heterocycles. The SMILES string of the molecule is CCCC(OCC)c1nc(CC)c(CNCC)s1. The summed E-state index contributed by atoms with van der Waals surface area (Å²) in [6.45, 7) is 11.2. The zero-order valence-electron chi connectivity index (χ0n) is 12.1. The van der Waals surface area contributed by atoms with Crippen molar-refractivity contribution in [2.75, 3.05) is 13.2 Å². The van der Waals surface area contributed by atoms with Crippen LogP contribution in [-0.2, 0) is 17.7 Å². The van der Waals surface area contributed by atoms with Crippen LogP contribution in [0.2, 0.25) is 0 Å². The lowest BCUT2D eigenvalue weighted by Gasteiger charge is -2.12. The minimum Gasteiger partial charge on any atom is -0.371 e. The normalized spacial score (nSPS) is 12.9. The molecule has 4 heteroatoms. The van der Waals surface area contributed by atoms with Gasteiger partial charge in [-0.1, -0.05) is 27.2 Å². The highest BCUT2D eigenvalue weighted by molar-refractivity contribution is 7.11. The number of nitrogens with zero attached hydrogens (tertiary/aromatic N) is 1. The molecule has 1 unspecified atom stereocenters. The Morgan fingerprint density at radius 3 is 2.61 bits per heavy atom. The summed E-state index contributed by atoms with van der Waals surface area (Å²) in [5.41, 5.74) is 1.23. The van der Waals surface area contributed by atoms with E-state index in [-0.39, 0.29) is 6.10 Å². The van der Waals surface area contributed by atoms with Crippen LogP contribution in [0.5, 0.6) is 0 Å². The van der Waals surface area contributed by atoms with Gasteiger partial charge in [-0.3, -0.25) is 0 Å². The van der Waals surface area contributed by atoms with Crippen molar-refractivity contribution in [3.63, 3.8) is 0 Å². The monoisotopic (exact) mass is 270 g/mol. The first-order valence-electron chi connectivity index (χ1n) is 7.07. The Hall–Kier alpha value is -0.450. The Balaban J connectivity index is 2.83. The van der Waals surface area contributed by atoms with Gasteiger partial charge in [0.2, 0.25) is 0 Å². The molecular formula is C14H26N2OS. The number of nitrogens with one attached hydrogen (secondary N) is 1. The fraction of sp³-hybridized carbons (Fsp3) is 0.786. The highest BCUT2D eigenvalue weighted by Gasteiger charge is 2.17. The summed E-state index contributed by atoms with van der Waals surface area (Å²) < 4.78 is 5.81. The third-order valence-corrected chi connectivity index (χ3v) is 4.05. The molecule has 1 rings (SSSR count). The maximum Gasteiger partial charge on any atom is 0.122 e. The molecule has 0 fully saturated rings. The van der Waals surface area contributed by atoms with Crippen LogP contribution in [0.3, 0.4) is 0 Å². The molecule has 0 aliphatic heterocycles. The highest BCUT2D eigenvalue weighted by Crippen LogP contribution is 2.29. The number of rotatable bonds is 9. The van der Waals surface area contributed by atoms with Gasteiger partial charge in [-0.05, 0) is 26.3 Å². The van der Waals surface area contributed by atoms with E-state index in [0.29, 0.717) is 0 Å². The van der Waals surface area contributed by atoms with E-state index in [1.54, 1.807) is 0 Å². The number of aryl methyl sites for hydroxylation is 1. The minimum absolute atomic E-state index is 0.186. The molecule has 0 amide bonds. The number of thiazole rings is 1. The van der Waals surface area contributed by atoms with Crippen molar-refractivity contribution >= 4 is 11.3 Å². The quantitative estimate of drug-likeness (QED) is 0.743. The molecule has 3 nitrogen and oxygen atoms in total. The number of hydrogen-bond acceptors (Lipinski definition) is 4. The predicted octanol–water partition coefficient (Wildman–Crippen LogP) is 3.69. The van der Waals surface area contributed by atoms with Gasteiger partial charge in [0.15, 0.2) is 0 Å². The van der Waals surface area contributed by atoms with Gasteiger partial charge >= 0.3 is 0 Å². The molecule has 0 aliphatic carbocycles. The van der Waals surface area contributed by atoms with Crippen molar-refractivity contribution in [3.05, 3.63) is 15.6 Å². The fourth-order valence-electron chi connectivity index (χ4n) is 1.94. The van der Waals surface area contributed by atoms with Gasteiger partial charge in [0.1, 0.15) is 11.1 Å². The molecule has 0 spiro atoms. The first-order valence-corrected chi connectivity index (χ1v) is 7.89. The van der Waals surface area contributed by atoms with E-state index in [2.05, 4.69) is 33.0 Å². The van der Waals surface area contributed by atoms with E-state index in [1.165, 1.54) is 10.6 Å². The molecule has 0 saturated carbocycles. The zero-order chi connectivity index (χ0) is 13.4. The van der Waals surface area contributed by atoms with Crippen LogP contribution in [0, 0.1) is 0 Å². The molecule has 1 heterocycles. The third-order valence-electron chi connectivity index (χ3n) is 2.86. The van der Waals surface area contributed by atoms with Gasteiger partial charge in [-0.25, -0.2) is 4.98 Å². The smallest absolute Gasteiger partial charge is 0.122 e. The average molecular weight is 270 g/mol. The average Bonchev–Trinajstić information content (AvgIpc) is 2.79. The van der Waals surface area contributed by atoms with Crippen LogP contribution in [0.4, 0.5) is 0 Å². The van der Waals surface area contributed by atoms with Crippen molar-refractivity contribution < 1.29 is 4.74 Å². The van der Waals surface area contributed by atoms with Crippen molar-refractivity contribution in [3.8, 4) is 0 Å². The van der Waals surface area contributed by atoms with Gasteiger partial charge in [-0.15, -0.1) is 11.3 Å². The Bertz CT molecular complexity index is 333. The summed E-state index contributed by atoms with van der Waals surface area (Å²) in [6, 6.07) is 0. The molecule has 18 heavy (non-hydrogen) atoms. The van der Waals surface area contributed by atoms with Crippen molar-refractivity contribution in [2.24, 2.45) is 0 Å². The van der Waals surface area contributed by atoms with Crippen molar-refractivity contribution in [1.29, 1.82) is 0 Å². The van der Waals surface area contributed by atoms with E-state index in [0.717, 1.165) is 44.0 Å². The standard InChI is InChI=1S/C14H26N2OS/c1-5-9-12(17-8-4)14-16-11(6-2)13(18-14)10-15-7-3/h12,15H,5-10H2,1-4H3. The lowest BCUT2D eigenvalue weighted by Crippen LogP contribution is -2.11. The highest BCUT2D eigenvalue weighted by atomic mass is 32.1. The minimum atomic E-state index is 0.186. The van der Waals surface area contributed by atoms with Crippen LogP contribution in [-0.4, -0.2) is 18.1 Å². The molecule has 1 aromatic rings. The maximum atomic E-state index is 5.81. The summed E-state index contributed by atoms with van der Waals surface area (Å²) in [5.74, 6) is 0. The van der Waals surface area contributed by atoms with Gasteiger partial charge in [-0.2, -0.15) is 0 Å². The topological polar surface area (TPSA) is 34.1 Å². The number of hydrogen-bond donors (Lipinski definition) is 1. The largest absolute Gasteiger partial charge is 0.371 e. The van der Waals surface area contributed by atoms with E-state index in [4.69, 9.17) is 9.72 Å². The molecule has 1 aromatic heterocycles. The molecule has 0 bridgehead atoms. The summed E-state index contributed by atoms with van der Waals surface area (Å²) >= 11 is 1.81. The second kappa shape index (κ2) is 8.62. The number of aromatic nitrogens is 1.